The molecular weight excluding hydrogens is 292 g/mol. The molecule has 1 aromatic carbocycles. The summed E-state index contributed by atoms with van der Waals surface area (Å²) in [6, 6.07) is 6.05. The predicted octanol–water partition coefficient (Wildman–Crippen LogP) is 2.03. The molecule has 1 aliphatic rings. The van der Waals surface area contributed by atoms with Crippen molar-refractivity contribution in [2.24, 2.45) is 0 Å². The molecule has 0 saturated carbocycles. The van der Waals surface area contributed by atoms with Crippen LogP contribution in [0.3, 0.4) is 0 Å². The van der Waals surface area contributed by atoms with Gasteiger partial charge in [0.2, 0.25) is 0 Å². The molecule has 0 aromatic heterocycles. The molecule has 5 heteroatoms. The van der Waals surface area contributed by atoms with Crippen molar-refractivity contribution in [2.45, 2.75) is 32.7 Å². The van der Waals surface area contributed by atoms with Gasteiger partial charge in [0, 0.05) is 19.6 Å². The number of ether oxygens (including phenoxy) is 2. The highest BCUT2D eigenvalue weighted by atomic mass is 16.5. The van der Waals surface area contributed by atoms with E-state index in [9.17, 15) is 0 Å². The monoisotopic (exact) mass is 322 g/mol. The molecule has 2 N–H and O–H groups in total. The number of piperidine rings is 1. The van der Waals surface area contributed by atoms with Crippen LogP contribution < -0.4 is 14.8 Å². The predicted molar refractivity (Wildman–Crippen MR) is 92.2 cm³/mol. The summed E-state index contributed by atoms with van der Waals surface area (Å²) in [5, 5.41) is 12.0. The first-order valence-electron chi connectivity index (χ1n) is 8.76. The maximum Gasteiger partial charge on any atom is 0.161 e. The zero-order chi connectivity index (χ0) is 16.3. The van der Waals surface area contributed by atoms with Gasteiger partial charge in [-0.2, -0.15) is 0 Å². The molecule has 1 aliphatic heterocycles. The number of aliphatic hydroxyl groups is 1. The maximum atomic E-state index is 8.82. The van der Waals surface area contributed by atoms with Gasteiger partial charge >= 0.3 is 0 Å². The zero-order valence-electron chi connectivity index (χ0n) is 14.2. The molecule has 0 aliphatic carbocycles. The van der Waals surface area contributed by atoms with E-state index >= 15 is 0 Å². The quantitative estimate of drug-likeness (QED) is 0.646. The van der Waals surface area contributed by atoms with Crippen LogP contribution in [0.25, 0.3) is 0 Å². The first-order valence-corrected chi connectivity index (χ1v) is 8.76. The fourth-order valence-corrected chi connectivity index (χ4v) is 2.83. The number of likely N-dealkylation sites (tertiary alicyclic amines) is 1. The molecular formula is C18H30N2O3. The average Bonchev–Trinajstić information content (AvgIpc) is 2.58. The first-order chi connectivity index (χ1) is 11.3. The van der Waals surface area contributed by atoms with Gasteiger partial charge in [-0.25, -0.2) is 0 Å². The second kappa shape index (κ2) is 10.5. The van der Waals surface area contributed by atoms with Gasteiger partial charge in [-0.1, -0.05) is 12.5 Å². The normalized spacial score (nSPS) is 15.6. The molecule has 23 heavy (non-hydrogen) atoms. The van der Waals surface area contributed by atoms with E-state index in [1.807, 2.05) is 25.1 Å². The Morgan fingerprint density at radius 2 is 1.96 bits per heavy atom. The molecule has 0 spiro atoms. The minimum absolute atomic E-state index is 0.149. The lowest BCUT2D eigenvalue weighted by Crippen LogP contribution is -2.33. The molecule has 0 bridgehead atoms. The topological polar surface area (TPSA) is 54.0 Å². The van der Waals surface area contributed by atoms with Crippen LogP contribution in [0.2, 0.25) is 0 Å². The lowest BCUT2D eigenvalue weighted by Gasteiger charge is -2.26. The summed E-state index contributed by atoms with van der Waals surface area (Å²) in [5.41, 5.74) is 1.13. The Bertz CT molecular complexity index is 448. The van der Waals surface area contributed by atoms with Crippen molar-refractivity contribution in [1.29, 1.82) is 0 Å². The molecule has 0 unspecified atom stereocenters. The number of nitrogens with zero attached hydrogens (tertiary/aromatic N) is 1. The van der Waals surface area contributed by atoms with Gasteiger partial charge in [-0.3, -0.25) is 4.90 Å². The van der Waals surface area contributed by atoms with Gasteiger partial charge in [-0.15, -0.1) is 0 Å². The molecule has 1 heterocycles. The molecule has 1 saturated heterocycles. The molecule has 130 valence electrons. The minimum Gasteiger partial charge on any atom is -0.490 e. The molecule has 0 amide bonds. The van der Waals surface area contributed by atoms with Crippen LogP contribution in [0.1, 0.15) is 31.7 Å². The van der Waals surface area contributed by atoms with Gasteiger partial charge < -0.3 is 19.9 Å². The zero-order valence-corrected chi connectivity index (χ0v) is 14.2. The third kappa shape index (κ3) is 6.37. The molecule has 5 nitrogen and oxygen atoms in total. The Morgan fingerprint density at radius 3 is 2.70 bits per heavy atom. The smallest absolute Gasteiger partial charge is 0.161 e. The number of benzene rings is 1. The van der Waals surface area contributed by atoms with E-state index in [1.54, 1.807) is 0 Å². The molecule has 2 rings (SSSR count). The van der Waals surface area contributed by atoms with Crippen molar-refractivity contribution in [3.63, 3.8) is 0 Å². The van der Waals surface area contributed by atoms with Crippen LogP contribution in [-0.2, 0) is 6.54 Å². The lowest BCUT2D eigenvalue weighted by molar-refractivity contribution is 0.179. The summed E-state index contributed by atoms with van der Waals surface area (Å²) in [7, 11) is 0. The Morgan fingerprint density at radius 1 is 1.13 bits per heavy atom. The first kappa shape index (κ1) is 18.0. The fourth-order valence-electron chi connectivity index (χ4n) is 2.83. The second-order valence-corrected chi connectivity index (χ2v) is 5.87. The molecule has 0 atom stereocenters. The second-order valence-electron chi connectivity index (χ2n) is 5.87. The summed E-state index contributed by atoms with van der Waals surface area (Å²) in [4.78, 5) is 2.47. The number of aliphatic hydroxyl groups excluding tert-OH is 1. The number of hydrogen-bond acceptors (Lipinski definition) is 5. The van der Waals surface area contributed by atoms with E-state index in [2.05, 4.69) is 10.2 Å². The molecule has 1 aromatic rings. The fraction of sp³-hybridized carbons (Fsp3) is 0.667. The Balaban J connectivity index is 1.85. The van der Waals surface area contributed by atoms with Crippen LogP contribution in [0, 0.1) is 0 Å². The number of rotatable bonds is 10. The lowest BCUT2D eigenvalue weighted by atomic mass is 10.1. The summed E-state index contributed by atoms with van der Waals surface area (Å²) < 4.78 is 11.7. The molecule has 0 radical (unpaired) electrons. The van der Waals surface area contributed by atoms with Crippen molar-refractivity contribution >= 4 is 0 Å². The van der Waals surface area contributed by atoms with Crippen LogP contribution in [0.5, 0.6) is 11.5 Å². The minimum atomic E-state index is 0.149. The van der Waals surface area contributed by atoms with Crippen LogP contribution in [0.15, 0.2) is 18.2 Å². The Labute approximate surface area is 139 Å². The summed E-state index contributed by atoms with van der Waals surface area (Å²) in [5.74, 6) is 1.62. The van der Waals surface area contributed by atoms with Crippen LogP contribution in [-0.4, -0.2) is 56.0 Å². The van der Waals surface area contributed by atoms with Crippen molar-refractivity contribution < 1.29 is 14.6 Å². The number of nitrogens with one attached hydrogen (secondary N) is 1. The van der Waals surface area contributed by atoms with E-state index in [-0.39, 0.29) is 6.61 Å². The van der Waals surface area contributed by atoms with Crippen LogP contribution >= 0.6 is 0 Å². The van der Waals surface area contributed by atoms with E-state index in [0.717, 1.165) is 23.6 Å². The Hall–Kier alpha value is -1.30. The third-order valence-corrected chi connectivity index (χ3v) is 4.04. The van der Waals surface area contributed by atoms with Crippen molar-refractivity contribution in [2.75, 3.05) is 46.0 Å². The van der Waals surface area contributed by atoms with Gasteiger partial charge in [-0.05, 0) is 50.6 Å². The maximum absolute atomic E-state index is 8.82. The van der Waals surface area contributed by atoms with Crippen LogP contribution in [0.4, 0.5) is 0 Å². The largest absolute Gasteiger partial charge is 0.490 e. The Kier molecular flexibility index (Phi) is 8.21. The van der Waals surface area contributed by atoms with E-state index in [1.165, 1.54) is 32.4 Å². The van der Waals surface area contributed by atoms with E-state index in [0.29, 0.717) is 26.3 Å². The SMILES string of the molecule is CCOc1cc(CNCCO)ccc1OCCN1CCCCC1. The van der Waals surface area contributed by atoms with Gasteiger partial charge in [0.1, 0.15) is 6.61 Å². The van der Waals surface area contributed by atoms with Gasteiger partial charge in [0.25, 0.3) is 0 Å². The summed E-state index contributed by atoms with van der Waals surface area (Å²) >= 11 is 0. The summed E-state index contributed by atoms with van der Waals surface area (Å²) in [6.07, 6.45) is 3.97. The standard InChI is InChI=1S/C18H30N2O3/c1-2-22-18-14-16(15-19-8-12-21)6-7-17(18)23-13-11-20-9-4-3-5-10-20/h6-7,14,19,21H,2-5,8-13,15H2,1H3. The van der Waals surface area contributed by atoms with Crippen molar-refractivity contribution in [3.8, 4) is 11.5 Å². The third-order valence-electron chi connectivity index (χ3n) is 4.04. The van der Waals surface area contributed by atoms with Crippen molar-refractivity contribution in [1.82, 2.24) is 10.2 Å². The van der Waals surface area contributed by atoms with Crippen molar-refractivity contribution in [3.05, 3.63) is 23.8 Å². The average molecular weight is 322 g/mol. The highest BCUT2D eigenvalue weighted by Gasteiger charge is 2.11. The number of hydrogen-bond donors (Lipinski definition) is 2. The highest BCUT2D eigenvalue weighted by Crippen LogP contribution is 2.28. The van der Waals surface area contributed by atoms with Gasteiger partial charge in [0.05, 0.1) is 13.2 Å². The molecule has 1 fully saturated rings. The van der Waals surface area contributed by atoms with E-state index < -0.39 is 0 Å². The highest BCUT2D eigenvalue weighted by molar-refractivity contribution is 5.43. The van der Waals surface area contributed by atoms with E-state index in [4.69, 9.17) is 14.6 Å². The van der Waals surface area contributed by atoms with Gasteiger partial charge in [0.15, 0.2) is 11.5 Å². The summed E-state index contributed by atoms with van der Waals surface area (Å²) in [6.45, 7) is 8.12.